The Kier molecular flexibility index (Phi) is 6.73. The number of hydrogen-bond donors (Lipinski definition) is 2. The minimum absolute atomic E-state index is 0.102. The summed E-state index contributed by atoms with van der Waals surface area (Å²) in [5.74, 6) is -1.44. The zero-order valence-corrected chi connectivity index (χ0v) is 15.7. The highest BCUT2D eigenvalue weighted by molar-refractivity contribution is 5.85. The molecule has 0 aromatic heterocycles. The monoisotopic (exact) mass is 387 g/mol. The molecule has 0 atom stereocenters. The number of rotatable bonds is 8. The first-order valence-corrected chi connectivity index (χ1v) is 9.17. The van der Waals surface area contributed by atoms with Gasteiger partial charge in [-0.15, -0.1) is 0 Å². The van der Waals surface area contributed by atoms with Gasteiger partial charge in [-0.25, -0.2) is 5.43 Å². The van der Waals surface area contributed by atoms with Crippen LogP contribution in [0.1, 0.15) is 18.4 Å². The summed E-state index contributed by atoms with van der Waals surface area (Å²) in [6.07, 6.45) is 1.21. The number of benzene rings is 3. The third-order valence-corrected chi connectivity index (χ3v) is 4.15. The van der Waals surface area contributed by atoms with E-state index in [4.69, 9.17) is 5.11 Å². The van der Waals surface area contributed by atoms with E-state index >= 15 is 0 Å². The molecule has 2 N–H and O–H groups in total. The van der Waals surface area contributed by atoms with Gasteiger partial charge < -0.3 is 10.0 Å². The smallest absolute Gasteiger partial charge is 0.303 e. The summed E-state index contributed by atoms with van der Waals surface area (Å²) in [5.41, 5.74) is 6.23. The van der Waals surface area contributed by atoms with Gasteiger partial charge >= 0.3 is 5.97 Å². The molecule has 0 aliphatic carbocycles. The quantitative estimate of drug-likeness (QED) is 0.441. The highest BCUT2D eigenvalue weighted by atomic mass is 16.4. The van der Waals surface area contributed by atoms with Crippen LogP contribution in [0.5, 0.6) is 0 Å². The highest BCUT2D eigenvalue weighted by Crippen LogP contribution is 2.33. The standard InChI is InChI=1S/C23H21N3O3/c27-22(15-16-23(28)29)25-24-17-18-11-13-21(14-12-18)26(19-7-3-1-4-8-19)20-9-5-2-6-10-20/h1-14,17H,15-16H2,(H,25,27)(H,28,29). The first-order valence-electron chi connectivity index (χ1n) is 9.17. The molecule has 0 unspecified atom stereocenters. The molecular formula is C23H21N3O3. The number of nitrogens with one attached hydrogen (secondary N) is 1. The van der Waals surface area contributed by atoms with Gasteiger partial charge in [0, 0.05) is 23.5 Å². The molecule has 0 saturated carbocycles. The van der Waals surface area contributed by atoms with E-state index in [1.54, 1.807) is 0 Å². The van der Waals surface area contributed by atoms with Crippen LogP contribution in [0.3, 0.4) is 0 Å². The third-order valence-electron chi connectivity index (χ3n) is 4.15. The molecule has 6 nitrogen and oxygen atoms in total. The molecule has 0 spiro atoms. The van der Waals surface area contributed by atoms with Gasteiger partial charge in [0.2, 0.25) is 5.91 Å². The van der Waals surface area contributed by atoms with Crippen LogP contribution in [0.25, 0.3) is 0 Å². The summed E-state index contributed by atoms with van der Waals surface area (Å²) in [6, 6.07) is 27.9. The molecule has 1 amide bonds. The van der Waals surface area contributed by atoms with E-state index in [-0.39, 0.29) is 12.8 Å². The molecule has 0 aliphatic rings. The van der Waals surface area contributed by atoms with Gasteiger partial charge in [-0.1, -0.05) is 48.5 Å². The van der Waals surface area contributed by atoms with E-state index in [0.717, 1.165) is 22.6 Å². The molecule has 3 aromatic carbocycles. The predicted octanol–water partition coefficient (Wildman–Crippen LogP) is 4.47. The Balaban J connectivity index is 1.74. The van der Waals surface area contributed by atoms with Crippen molar-refractivity contribution in [2.75, 3.05) is 4.90 Å². The summed E-state index contributed by atoms with van der Waals surface area (Å²) in [6.45, 7) is 0. The largest absolute Gasteiger partial charge is 0.481 e. The van der Waals surface area contributed by atoms with Crippen molar-refractivity contribution in [2.45, 2.75) is 12.8 Å². The number of carbonyl (C=O) groups is 2. The number of para-hydroxylation sites is 2. The topological polar surface area (TPSA) is 82.0 Å². The van der Waals surface area contributed by atoms with Crippen molar-refractivity contribution in [3.8, 4) is 0 Å². The molecule has 29 heavy (non-hydrogen) atoms. The molecule has 0 aliphatic heterocycles. The molecule has 0 saturated heterocycles. The molecule has 3 rings (SSSR count). The predicted molar refractivity (Wildman–Crippen MR) is 114 cm³/mol. The number of amides is 1. The number of carboxylic acid groups (broad SMARTS) is 1. The van der Waals surface area contributed by atoms with Crippen molar-refractivity contribution in [1.29, 1.82) is 0 Å². The molecular weight excluding hydrogens is 366 g/mol. The molecule has 0 heterocycles. The van der Waals surface area contributed by atoms with E-state index in [9.17, 15) is 9.59 Å². The zero-order chi connectivity index (χ0) is 20.5. The maximum absolute atomic E-state index is 11.5. The number of carbonyl (C=O) groups excluding carboxylic acids is 1. The van der Waals surface area contributed by atoms with E-state index in [1.165, 1.54) is 6.21 Å². The van der Waals surface area contributed by atoms with Crippen molar-refractivity contribution in [3.63, 3.8) is 0 Å². The van der Waals surface area contributed by atoms with E-state index in [0.29, 0.717) is 0 Å². The minimum atomic E-state index is -1.01. The average molecular weight is 387 g/mol. The van der Waals surface area contributed by atoms with Gasteiger partial charge in [0.1, 0.15) is 0 Å². The normalized spacial score (nSPS) is 10.6. The molecule has 0 radical (unpaired) electrons. The van der Waals surface area contributed by atoms with E-state index < -0.39 is 11.9 Å². The first-order chi connectivity index (χ1) is 14.1. The summed E-state index contributed by atoms with van der Waals surface area (Å²) in [5, 5.41) is 12.5. The van der Waals surface area contributed by atoms with Gasteiger partial charge in [0.25, 0.3) is 0 Å². The molecule has 146 valence electrons. The van der Waals surface area contributed by atoms with Gasteiger partial charge in [0.05, 0.1) is 12.6 Å². The average Bonchev–Trinajstić information content (AvgIpc) is 2.75. The van der Waals surface area contributed by atoms with E-state index in [1.807, 2.05) is 60.7 Å². The van der Waals surface area contributed by atoms with Crippen LogP contribution in [-0.2, 0) is 9.59 Å². The van der Waals surface area contributed by atoms with Gasteiger partial charge in [-0.3, -0.25) is 9.59 Å². The lowest BCUT2D eigenvalue weighted by Gasteiger charge is -2.25. The number of hydrogen-bond acceptors (Lipinski definition) is 4. The minimum Gasteiger partial charge on any atom is -0.481 e. The lowest BCUT2D eigenvalue weighted by atomic mass is 10.1. The molecule has 6 heteroatoms. The Hall–Kier alpha value is -3.93. The fraction of sp³-hybridized carbons (Fsp3) is 0.0870. The van der Waals surface area contributed by atoms with Crippen LogP contribution in [0, 0.1) is 0 Å². The molecule has 3 aromatic rings. The number of anilines is 3. The zero-order valence-electron chi connectivity index (χ0n) is 15.7. The summed E-state index contributed by atoms with van der Waals surface area (Å²) < 4.78 is 0. The fourth-order valence-electron chi connectivity index (χ4n) is 2.77. The lowest BCUT2D eigenvalue weighted by Crippen LogP contribution is -2.18. The Morgan fingerprint density at radius 2 is 1.31 bits per heavy atom. The Morgan fingerprint density at radius 1 is 0.793 bits per heavy atom. The third kappa shape index (κ3) is 5.77. The van der Waals surface area contributed by atoms with Crippen molar-refractivity contribution >= 4 is 35.2 Å². The fourth-order valence-corrected chi connectivity index (χ4v) is 2.77. The Morgan fingerprint density at radius 3 is 1.83 bits per heavy atom. The number of carboxylic acids is 1. The second-order valence-corrected chi connectivity index (χ2v) is 6.28. The van der Waals surface area contributed by atoms with Crippen molar-refractivity contribution < 1.29 is 14.7 Å². The van der Waals surface area contributed by atoms with Crippen LogP contribution in [0.2, 0.25) is 0 Å². The highest BCUT2D eigenvalue weighted by Gasteiger charge is 2.11. The van der Waals surface area contributed by atoms with Crippen LogP contribution in [0.15, 0.2) is 90.0 Å². The first kappa shape index (κ1) is 19.8. The van der Waals surface area contributed by atoms with Gasteiger partial charge in [-0.2, -0.15) is 5.10 Å². The van der Waals surface area contributed by atoms with Crippen LogP contribution < -0.4 is 10.3 Å². The molecule has 0 fully saturated rings. The summed E-state index contributed by atoms with van der Waals surface area (Å²) >= 11 is 0. The lowest BCUT2D eigenvalue weighted by molar-refractivity contribution is -0.138. The number of nitrogens with zero attached hydrogens (tertiary/aromatic N) is 2. The van der Waals surface area contributed by atoms with Gasteiger partial charge in [0.15, 0.2) is 0 Å². The van der Waals surface area contributed by atoms with Crippen LogP contribution >= 0.6 is 0 Å². The number of aliphatic carboxylic acids is 1. The van der Waals surface area contributed by atoms with Crippen molar-refractivity contribution in [2.24, 2.45) is 5.10 Å². The Bertz CT molecular complexity index is 932. The van der Waals surface area contributed by atoms with Crippen LogP contribution in [-0.4, -0.2) is 23.2 Å². The maximum Gasteiger partial charge on any atom is 0.303 e. The van der Waals surface area contributed by atoms with Crippen molar-refractivity contribution in [1.82, 2.24) is 5.43 Å². The maximum atomic E-state index is 11.5. The second-order valence-electron chi connectivity index (χ2n) is 6.28. The Labute approximate surface area is 169 Å². The summed E-state index contributed by atoms with van der Waals surface area (Å²) in [4.78, 5) is 24.1. The van der Waals surface area contributed by atoms with Gasteiger partial charge in [-0.05, 0) is 42.0 Å². The SMILES string of the molecule is O=C(O)CCC(=O)NN=Cc1ccc(N(c2ccccc2)c2ccccc2)cc1. The molecule has 0 bridgehead atoms. The van der Waals surface area contributed by atoms with E-state index in [2.05, 4.69) is 39.7 Å². The van der Waals surface area contributed by atoms with Crippen molar-refractivity contribution in [3.05, 3.63) is 90.5 Å². The number of hydrazone groups is 1. The van der Waals surface area contributed by atoms with Crippen LogP contribution in [0.4, 0.5) is 17.1 Å². The summed E-state index contributed by atoms with van der Waals surface area (Å²) in [7, 11) is 0. The second kappa shape index (κ2) is 9.85.